The number of fused-ring (bicyclic) bond motifs is 1. The third-order valence-corrected chi connectivity index (χ3v) is 3.99. The van der Waals surface area contributed by atoms with E-state index in [1.165, 1.54) is 0 Å². The first-order chi connectivity index (χ1) is 10.5. The lowest BCUT2D eigenvalue weighted by Gasteiger charge is -2.15. The first-order valence-corrected chi connectivity index (χ1v) is 7.43. The van der Waals surface area contributed by atoms with Crippen LogP contribution in [0.4, 0.5) is 5.69 Å². The topological polar surface area (TPSA) is 76.2 Å². The van der Waals surface area contributed by atoms with E-state index >= 15 is 0 Å². The molecule has 1 aliphatic rings. The molecule has 0 aliphatic carbocycles. The summed E-state index contributed by atoms with van der Waals surface area (Å²) < 4.78 is 1.85. The number of amides is 1. The second-order valence-corrected chi connectivity index (χ2v) is 5.96. The van der Waals surface area contributed by atoms with Gasteiger partial charge in [0, 0.05) is 43.5 Å². The molecule has 2 heterocycles. The lowest BCUT2D eigenvalue weighted by atomic mass is 10.0. The van der Waals surface area contributed by atoms with Crippen LogP contribution in [-0.2, 0) is 13.1 Å². The van der Waals surface area contributed by atoms with Crippen LogP contribution in [0.1, 0.15) is 16.1 Å². The highest BCUT2D eigenvalue weighted by atomic mass is 35.5. The van der Waals surface area contributed by atoms with Gasteiger partial charge in [0.05, 0.1) is 17.8 Å². The molecule has 0 radical (unpaired) electrons. The fourth-order valence-electron chi connectivity index (χ4n) is 2.68. The predicted molar refractivity (Wildman–Crippen MR) is 87.2 cm³/mol. The van der Waals surface area contributed by atoms with Crippen LogP contribution in [0.25, 0.3) is 11.3 Å². The van der Waals surface area contributed by atoms with Gasteiger partial charge in [-0.05, 0) is 18.2 Å². The number of benzene rings is 1. The molecule has 6 nitrogen and oxygen atoms in total. The van der Waals surface area contributed by atoms with Gasteiger partial charge in [-0.2, -0.15) is 5.10 Å². The van der Waals surface area contributed by atoms with Crippen molar-refractivity contribution in [2.24, 2.45) is 5.73 Å². The molecule has 1 aliphatic heterocycles. The number of anilines is 1. The molecule has 7 heteroatoms. The van der Waals surface area contributed by atoms with E-state index in [2.05, 4.69) is 10.4 Å². The van der Waals surface area contributed by atoms with Crippen LogP contribution >= 0.6 is 11.6 Å². The molecular weight excluding hydrogens is 302 g/mol. The number of hydrogen-bond acceptors (Lipinski definition) is 4. The maximum absolute atomic E-state index is 11.9. The molecule has 1 amide bonds. The third-order valence-electron chi connectivity index (χ3n) is 3.77. The van der Waals surface area contributed by atoms with Crippen LogP contribution in [0.5, 0.6) is 0 Å². The molecule has 0 saturated heterocycles. The lowest BCUT2D eigenvalue weighted by Crippen LogP contribution is -2.30. The summed E-state index contributed by atoms with van der Waals surface area (Å²) in [6, 6.07) is 5.63. The maximum Gasteiger partial charge on any atom is 0.252 e. The molecule has 116 valence electrons. The highest BCUT2D eigenvalue weighted by Gasteiger charge is 2.25. The summed E-state index contributed by atoms with van der Waals surface area (Å²) in [5.41, 5.74) is 9.24. The van der Waals surface area contributed by atoms with Gasteiger partial charge in [0.2, 0.25) is 0 Å². The Hall–Kier alpha value is -2.05. The maximum atomic E-state index is 11.9. The summed E-state index contributed by atoms with van der Waals surface area (Å²) in [5.74, 6) is -0.466. The Labute approximate surface area is 133 Å². The molecule has 0 saturated carbocycles. The Bertz CT molecular complexity index is 738. The largest absolute Gasteiger partial charge is 0.378 e. The van der Waals surface area contributed by atoms with Crippen LogP contribution in [0.3, 0.4) is 0 Å². The van der Waals surface area contributed by atoms with Gasteiger partial charge >= 0.3 is 0 Å². The van der Waals surface area contributed by atoms with Gasteiger partial charge in [-0.3, -0.25) is 9.48 Å². The smallest absolute Gasteiger partial charge is 0.252 e. The van der Waals surface area contributed by atoms with E-state index in [1.54, 1.807) is 0 Å². The summed E-state index contributed by atoms with van der Waals surface area (Å²) in [5, 5.41) is 8.42. The Morgan fingerprint density at radius 3 is 2.86 bits per heavy atom. The van der Waals surface area contributed by atoms with Gasteiger partial charge in [0.1, 0.15) is 5.69 Å². The van der Waals surface area contributed by atoms with Gasteiger partial charge in [-0.1, -0.05) is 11.6 Å². The van der Waals surface area contributed by atoms with Crippen LogP contribution in [-0.4, -0.2) is 36.3 Å². The molecule has 0 unspecified atom stereocenters. The SMILES string of the molecule is CN(C)c1cc(Cl)cc(-c2nn3c(c2C(N)=O)CNCC3)c1. The standard InChI is InChI=1S/C15H18ClN5O/c1-20(2)11-6-9(5-10(16)7-11)14-13(15(17)22)12-8-18-3-4-21(12)19-14/h5-7,18H,3-4,8H2,1-2H3,(H2,17,22). The minimum Gasteiger partial charge on any atom is -0.378 e. The summed E-state index contributed by atoms with van der Waals surface area (Å²) in [4.78, 5) is 13.9. The van der Waals surface area contributed by atoms with Gasteiger partial charge in [0.15, 0.2) is 0 Å². The van der Waals surface area contributed by atoms with Crippen molar-refractivity contribution in [1.82, 2.24) is 15.1 Å². The van der Waals surface area contributed by atoms with E-state index in [9.17, 15) is 4.79 Å². The minimum atomic E-state index is -0.466. The van der Waals surface area contributed by atoms with Crippen molar-refractivity contribution >= 4 is 23.2 Å². The van der Waals surface area contributed by atoms with E-state index in [1.807, 2.05) is 41.9 Å². The first-order valence-electron chi connectivity index (χ1n) is 7.06. The first kappa shape index (κ1) is 14.9. The van der Waals surface area contributed by atoms with Gasteiger partial charge in [-0.25, -0.2) is 0 Å². The number of primary amides is 1. The summed E-state index contributed by atoms with van der Waals surface area (Å²) in [6.45, 7) is 2.13. The number of hydrogen-bond donors (Lipinski definition) is 2. The van der Waals surface area contributed by atoms with Crippen molar-refractivity contribution in [2.75, 3.05) is 25.5 Å². The third kappa shape index (κ3) is 2.55. The highest BCUT2D eigenvalue weighted by molar-refractivity contribution is 6.31. The van der Waals surface area contributed by atoms with Crippen molar-refractivity contribution in [2.45, 2.75) is 13.1 Å². The van der Waals surface area contributed by atoms with Gasteiger partial charge < -0.3 is 16.0 Å². The molecule has 0 bridgehead atoms. The second kappa shape index (κ2) is 5.62. The number of nitrogens with zero attached hydrogens (tertiary/aromatic N) is 3. The minimum absolute atomic E-state index is 0.466. The number of nitrogens with two attached hydrogens (primary N) is 1. The lowest BCUT2D eigenvalue weighted by molar-refractivity contribution is 0.0999. The molecule has 3 N–H and O–H groups in total. The van der Waals surface area contributed by atoms with E-state index in [0.717, 1.165) is 30.0 Å². The number of nitrogens with one attached hydrogen (secondary N) is 1. The molecule has 3 rings (SSSR count). The van der Waals surface area contributed by atoms with Crippen LogP contribution < -0.4 is 16.0 Å². The molecular formula is C15H18ClN5O. The Morgan fingerprint density at radius 1 is 1.41 bits per heavy atom. The average molecular weight is 320 g/mol. The van der Waals surface area contributed by atoms with Gasteiger partial charge in [0.25, 0.3) is 5.91 Å². The van der Waals surface area contributed by atoms with Crippen LogP contribution in [0.15, 0.2) is 18.2 Å². The zero-order valence-electron chi connectivity index (χ0n) is 12.6. The quantitative estimate of drug-likeness (QED) is 0.898. The number of carbonyl (C=O) groups is 1. The van der Waals surface area contributed by atoms with Crippen molar-refractivity contribution in [3.05, 3.63) is 34.5 Å². The Morgan fingerprint density at radius 2 is 2.18 bits per heavy atom. The van der Waals surface area contributed by atoms with Gasteiger partial charge in [-0.15, -0.1) is 0 Å². The molecule has 2 aromatic rings. The predicted octanol–water partition coefficient (Wildman–Crippen LogP) is 1.47. The van der Waals surface area contributed by atoms with E-state index in [0.29, 0.717) is 22.8 Å². The summed E-state index contributed by atoms with van der Waals surface area (Å²) in [7, 11) is 3.87. The fraction of sp³-hybridized carbons (Fsp3) is 0.333. The van der Waals surface area contributed by atoms with Crippen molar-refractivity contribution < 1.29 is 4.79 Å². The molecule has 1 aromatic heterocycles. The Kier molecular flexibility index (Phi) is 3.80. The van der Waals surface area contributed by atoms with E-state index < -0.39 is 5.91 Å². The van der Waals surface area contributed by atoms with Crippen molar-refractivity contribution in [3.63, 3.8) is 0 Å². The average Bonchev–Trinajstić information content (AvgIpc) is 2.86. The summed E-state index contributed by atoms with van der Waals surface area (Å²) >= 11 is 6.21. The highest BCUT2D eigenvalue weighted by Crippen LogP contribution is 2.31. The van der Waals surface area contributed by atoms with Crippen LogP contribution in [0, 0.1) is 0 Å². The summed E-state index contributed by atoms with van der Waals surface area (Å²) in [6.07, 6.45) is 0. The van der Waals surface area contributed by atoms with E-state index in [-0.39, 0.29) is 0 Å². The zero-order chi connectivity index (χ0) is 15.9. The van der Waals surface area contributed by atoms with E-state index in [4.69, 9.17) is 17.3 Å². The van der Waals surface area contributed by atoms with Crippen molar-refractivity contribution in [3.8, 4) is 11.3 Å². The second-order valence-electron chi connectivity index (χ2n) is 5.53. The number of halogens is 1. The normalized spacial score (nSPS) is 13.8. The molecule has 0 atom stereocenters. The zero-order valence-corrected chi connectivity index (χ0v) is 13.3. The molecule has 22 heavy (non-hydrogen) atoms. The number of aromatic nitrogens is 2. The monoisotopic (exact) mass is 319 g/mol. The van der Waals surface area contributed by atoms with Crippen molar-refractivity contribution in [1.29, 1.82) is 0 Å². The fourth-order valence-corrected chi connectivity index (χ4v) is 2.91. The molecule has 0 fully saturated rings. The molecule has 0 spiro atoms. The number of rotatable bonds is 3. The molecule has 1 aromatic carbocycles. The number of carbonyl (C=O) groups excluding carboxylic acids is 1. The van der Waals surface area contributed by atoms with Crippen LogP contribution in [0.2, 0.25) is 5.02 Å². The Balaban J connectivity index is 2.20.